The van der Waals surface area contributed by atoms with Crippen LogP contribution in [0.2, 0.25) is 0 Å². The van der Waals surface area contributed by atoms with E-state index < -0.39 is 17.8 Å². The number of carbonyl (C=O) groups excluding carboxylic acids is 1. The first-order valence-electron chi connectivity index (χ1n) is 8.15. The van der Waals surface area contributed by atoms with Gasteiger partial charge in [-0.05, 0) is 38.1 Å². The highest BCUT2D eigenvalue weighted by Gasteiger charge is 2.29. The van der Waals surface area contributed by atoms with Crippen molar-refractivity contribution in [1.29, 1.82) is 0 Å². The number of halogens is 3. The van der Waals surface area contributed by atoms with E-state index in [4.69, 9.17) is 14.6 Å². The van der Waals surface area contributed by atoms with E-state index in [1.165, 1.54) is 19.1 Å². The molecule has 1 atom stereocenters. The molecule has 0 saturated carbocycles. The van der Waals surface area contributed by atoms with Crippen LogP contribution in [0, 0.1) is 0 Å². The van der Waals surface area contributed by atoms with Crippen molar-refractivity contribution in [3.63, 3.8) is 0 Å². The summed E-state index contributed by atoms with van der Waals surface area (Å²) in [6.07, 6.45) is -5.31. The van der Waals surface area contributed by atoms with Gasteiger partial charge in [-0.15, -0.1) is 0 Å². The zero-order chi connectivity index (χ0) is 20.9. The van der Waals surface area contributed by atoms with Crippen molar-refractivity contribution in [3.05, 3.63) is 35.4 Å². The summed E-state index contributed by atoms with van der Waals surface area (Å²) < 4.78 is 46.4. The highest BCUT2D eigenvalue weighted by atomic mass is 19.4. The molecule has 10 heteroatoms. The second-order valence-corrected chi connectivity index (χ2v) is 5.21. The van der Waals surface area contributed by atoms with Crippen molar-refractivity contribution in [1.82, 2.24) is 10.6 Å². The monoisotopic (exact) mass is 394 g/mol. The maximum absolute atomic E-state index is 12.2. The average Bonchev–Trinajstić information content (AvgIpc) is 2.58. The molecule has 3 N–H and O–H groups in total. The lowest BCUT2D eigenvalue weighted by Crippen LogP contribution is -2.33. The summed E-state index contributed by atoms with van der Waals surface area (Å²) in [5, 5.41) is 13.3. The van der Waals surface area contributed by atoms with Crippen LogP contribution in [-0.2, 0) is 26.9 Å². The Labute approximate surface area is 155 Å². The molecule has 0 heterocycles. The van der Waals surface area contributed by atoms with Crippen LogP contribution in [-0.4, -0.2) is 50.2 Å². The number of carbonyl (C=O) groups is 2. The van der Waals surface area contributed by atoms with Gasteiger partial charge in [-0.25, -0.2) is 4.79 Å². The van der Waals surface area contributed by atoms with Crippen LogP contribution in [0.5, 0.6) is 0 Å². The van der Waals surface area contributed by atoms with Crippen molar-refractivity contribution in [3.8, 4) is 0 Å². The van der Waals surface area contributed by atoms with E-state index in [0.29, 0.717) is 18.6 Å². The fraction of sp³-hybridized carbons (Fsp3) is 0.529. The van der Waals surface area contributed by atoms with Crippen LogP contribution < -0.4 is 10.6 Å². The lowest BCUT2D eigenvalue weighted by Gasteiger charge is -2.14. The smallest absolute Gasteiger partial charge is 0.416 e. The number of likely N-dealkylation sites (N-methyl/N-ethyl adjacent to an activating group) is 1. The number of carboxylic acid groups (broad SMARTS) is 1. The van der Waals surface area contributed by atoms with Crippen LogP contribution >= 0.6 is 0 Å². The van der Waals surface area contributed by atoms with Gasteiger partial charge in [0.05, 0.1) is 5.56 Å². The summed E-state index contributed by atoms with van der Waals surface area (Å²) in [5.41, 5.74) is -0.0517. The fourth-order valence-corrected chi connectivity index (χ4v) is 1.78. The second-order valence-electron chi connectivity index (χ2n) is 5.21. The van der Waals surface area contributed by atoms with E-state index in [2.05, 4.69) is 10.6 Å². The van der Waals surface area contributed by atoms with Gasteiger partial charge < -0.3 is 19.9 Å². The number of ether oxygens (including phenoxy) is 2. The van der Waals surface area contributed by atoms with Gasteiger partial charge >= 0.3 is 18.2 Å². The number of hydrogen-bond donors (Lipinski definition) is 3. The Balaban J connectivity index is 0.000000541. The van der Waals surface area contributed by atoms with Gasteiger partial charge in [-0.2, -0.15) is 13.2 Å². The molecule has 0 radical (unpaired) electrons. The largest absolute Gasteiger partial charge is 0.465 e. The Bertz CT molecular complexity index is 565. The van der Waals surface area contributed by atoms with Gasteiger partial charge in [0.15, 0.2) is 0 Å². The standard InChI is InChI=1S/C10H10F3NO2.C7H15NO3/c11-10(12,13)8-3-1-7(2-4-8)5-6-14-9(15)16;1-4-10-7(8-3)5-11-6(2)9/h1-4,14H,5-6H2,(H,15,16);7-8H,4-5H2,1-3H3. The molecule has 1 aromatic carbocycles. The summed E-state index contributed by atoms with van der Waals surface area (Å²) in [4.78, 5) is 20.5. The highest BCUT2D eigenvalue weighted by molar-refractivity contribution is 5.65. The first kappa shape index (κ1) is 24.7. The van der Waals surface area contributed by atoms with Crippen molar-refractivity contribution >= 4 is 12.1 Å². The Morgan fingerprint density at radius 3 is 2.22 bits per heavy atom. The van der Waals surface area contributed by atoms with Gasteiger partial charge in [-0.3, -0.25) is 10.1 Å². The molecule has 1 amide bonds. The van der Waals surface area contributed by atoms with E-state index in [9.17, 15) is 22.8 Å². The topological polar surface area (TPSA) is 96.9 Å². The second kappa shape index (κ2) is 12.9. The van der Waals surface area contributed by atoms with Gasteiger partial charge in [0.1, 0.15) is 12.8 Å². The summed E-state index contributed by atoms with van der Waals surface area (Å²) in [5.74, 6) is -0.287. The van der Waals surface area contributed by atoms with Gasteiger partial charge in [0, 0.05) is 20.1 Å². The Morgan fingerprint density at radius 1 is 1.22 bits per heavy atom. The third-order valence-corrected chi connectivity index (χ3v) is 3.10. The lowest BCUT2D eigenvalue weighted by molar-refractivity contribution is -0.146. The molecule has 0 spiro atoms. The molecule has 0 fully saturated rings. The minimum Gasteiger partial charge on any atom is -0.465 e. The molecule has 0 bridgehead atoms. The predicted molar refractivity (Wildman–Crippen MR) is 92.3 cm³/mol. The summed E-state index contributed by atoms with van der Waals surface area (Å²) >= 11 is 0. The van der Waals surface area contributed by atoms with E-state index in [0.717, 1.165) is 12.1 Å². The average molecular weight is 394 g/mol. The normalized spacial score (nSPS) is 11.8. The molecule has 154 valence electrons. The number of nitrogens with one attached hydrogen (secondary N) is 2. The number of amides is 1. The van der Waals surface area contributed by atoms with Gasteiger partial charge in [0.25, 0.3) is 0 Å². The van der Waals surface area contributed by atoms with Crippen LogP contribution in [0.3, 0.4) is 0 Å². The Morgan fingerprint density at radius 2 is 1.81 bits per heavy atom. The van der Waals surface area contributed by atoms with E-state index in [1.807, 2.05) is 6.92 Å². The number of esters is 1. The van der Waals surface area contributed by atoms with E-state index in [1.54, 1.807) is 7.05 Å². The quantitative estimate of drug-likeness (QED) is 0.463. The van der Waals surface area contributed by atoms with Crippen molar-refractivity contribution in [2.24, 2.45) is 0 Å². The van der Waals surface area contributed by atoms with E-state index >= 15 is 0 Å². The molecule has 1 rings (SSSR count). The third-order valence-electron chi connectivity index (χ3n) is 3.10. The highest BCUT2D eigenvalue weighted by Crippen LogP contribution is 2.29. The fourth-order valence-electron chi connectivity index (χ4n) is 1.78. The van der Waals surface area contributed by atoms with Crippen LogP contribution in [0.25, 0.3) is 0 Å². The summed E-state index contributed by atoms with van der Waals surface area (Å²) in [6.45, 7) is 4.31. The molecule has 27 heavy (non-hydrogen) atoms. The zero-order valence-corrected chi connectivity index (χ0v) is 15.4. The molecular formula is C17H25F3N2O5. The minimum absolute atomic E-state index is 0.181. The lowest BCUT2D eigenvalue weighted by atomic mass is 10.1. The van der Waals surface area contributed by atoms with Crippen molar-refractivity contribution < 1.29 is 37.3 Å². The molecule has 1 unspecified atom stereocenters. The van der Waals surface area contributed by atoms with Crippen molar-refractivity contribution in [2.45, 2.75) is 32.7 Å². The van der Waals surface area contributed by atoms with Crippen LogP contribution in [0.4, 0.5) is 18.0 Å². The maximum Gasteiger partial charge on any atom is 0.416 e. The molecule has 0 aliphatic rings. The SMILES string of the molecule is CCOC(COC(C)=O)NC.O=C(O)NCCc1ccc(C(F)(F)F)cc1. The number of hydrogen-bond acceptors (Lipinski definition) is 5. The number of alkyl halides is 3. The van der Waals surface area contributed by atoms with Gasteiger partial charge in [-0.1, -0.05) is 12.1 Å². The first-order chi connectivity index (χ1) is 12.6. The van der Waals surface area contributed by atoms with Crippen molar-refractivity contribution in [2.75, 3.05) is 26.8 Å². The maximum atomic E-state index is 12.2. The summed E-state index contributed by atoms with van der Waals surface area (Å²) in [6, 6.07) is 4.64. The summed E-state index contributed by atoms with van der Waals surface area (Å²) in [7, 11) is 1.75. The molecule has 1 aromatic rings. The molecule has 7 nitrogen and oxygen atoms in total. The Hall–Kier alpha value is -2.33. The van der Waals surface area contributed by atoms with Gasteiger partial charge in [0.2, 0.25) is 0 Å². The van der Waals surface area contributed by atoms with Crippen LogP contribution in [0.1, 0.15) is 25.0 Å². The predicted octanol–water partition coefficient (Wildman–Crippen LogP) is 2.65. The molecule has 0 aromatic heterocycles. The molecular weight excluding hydrogens is 369 g/mol. The van der Waals surface area contributed by atoms with E-state index in [-0.39, 0.29) is 25.3 Å². The third kappa shape index (κ3) is 12.6. The Kier molecular flexibility index (Phi) is 11.8. The molecule has 0 aliphatic carbocycles. The number of rotatable bonds is 8. The minimum atomic E-state index is -4.34. The first-order valence-corrected chi connectivity index (χ1v) is 8.15. The van der Waals surface area contributed by atoms with Crippen LogP contribution in [0.15, 0.2) is 24.3 Å². The zero-order valence-electron chi connectivity index (χ0n) is 15.4. The number of benzene rings is 1. The molecule has 0 aliphatic heterocycles. The molecule has 0 saturated heterocycles.